The molecule has 2 unspecified atom stereocenters. The molecule has 1 aromatic rings. The molecule has 0 bridgehead atoms. The Bertz CT molecular complexity index is 502. The Morgan fingerprint density at radius 3 is 2.57 bits per heavy atom. The molecule has 2 atom stereocenters. The van der Waals surface area contributed by atoms with Crippen LogP contribution in [0, 0.1) is 0 Å². The van der Waals surface area contributed by atoms with Gasteiger partial charge in [-0.25, -0.2) is 4.79 Å². The molecule has 0 aromatic heterocycles. The number of para-hydroxylation sites is 2. The Morgan fingerprint density at radius 2 is 1.86 bits per heavy atom. The van der Waals surface area contributed by atoms with Gasteiger partial charge in [-0.15, -0.1) is 0 Å². The Labute approximate surface area is 125 Å². The molecule has 5 nitrogen and oxygen atoms in total. The van der Waals surface area contributed by atoms with Crippen molar-refractivity contribution in [2.75, 3.05) is 7.11 Å². The highest BCUT2D eigenvalue weighted by Crippen LogP contribution is 2.25. The van der Waals surface area contributed by atoms with E-state index in [9.17, 15) is 4.79 Å². The number of amides is 1. The summed E-state index contributed by atoms with van der Waals surface area (Å²) in [6, 6.07) is 6.92. The van der Waals surface area contributed by atoms with Crippen molar-refractivity contribution < 1.29 is 14.3 Å². The van der Waals surface area contributed by atoms with Gasteiger partial charge >= 0.3 is 6.09 Å². The summed E-state index contributed by atoms with van der Waals surface area (Å²) >= 11 is 0. The minimum absolute atomic E-state index is 0.0554. The summed E-state index contributed by atoms with van der Waals surface area (Å²) in [4.78, 5) is 12.0. The normalized spacial score (nSPS) is 23.5. The van der Waals surface area contributed by atoms with Crippen molar-refractivity contribution in [2.24, 2.45) is 5.73 Å². The van der Waals surface area contributed by atoms with E-state index in [0.29, 0.717) is 11.5 Å². The highest BCUT2D eigenvalue weighted by Gasteiger charge is 2.21. The van der Waals surface area contributed by atoms with Gasteiger partial charge in [0, 0.05) is 12.1 Å². The number of carbonyl (C=O) groups excluding carboxylic acids is 1. The second kappa shape index (κ2) is 7.69. The summed E-state index contributed by atoms with van der Waals surface area (Å²) < 4.78 is 10.5. The van der Waals surface area contributed by atoms with Crippen LogP contribution in [0.5, 0.6) is 11.5 Å². The number of hydrogen-bond acceptors (Lipinski definition) is 4. The van der Waals surface area contributed by atoms with E-state index in [-0.39, 0.29) is 12.1 Å². The fourth-order valence-electron chi connectivity index (χ4n) is 2.38. The average molecular weight is 290 g/mol. The van der Waals surface area contributed by atoms with Crippen molar-refractivity contribution in [3.63, 3.8) is 0 Å². The minimum Gasteiger partial charge on any atom is -0.493 e. The molecule has 0 radical (unpaired) electrons. The van der Waals surface area contributed by atoms with E-state index >= 15 is 0 Å². The molecule has 1 amide bonds. The Balaban J connectivity index is 1.95. The number of methoxy groups -OCH3 is 1. The molecule has 0 saturated heterocycles. The third-order valence-corrected chi connectivity index (χ3v) is 3.57. The van der Waals surface area contributed by atoms with E-state index in [0.717, 1.165) is 25.7 Å². The van der Waals surface area contributed by atoms with Crippen LogP contribution in [0.15, 0.2) is 36.4 Å². The zero-order valence-electron chi connectivity index (χ0n) is 12.2. The van der Waals surface area contributed by atoms with E-state index in [2.05, 4.69) is 17.5 Å². The highest BCUT2D eigenvalue weighted by molar-refractivity contribution is 5.71. The minimum atomic E-state index is -0.496. The van der Waals surface area contributed by atoms with Crippen LogP contribution < -0.4 is 20.5 Å². The smallest absolute Gasteiger partial charge is 0.413 e. The van der Waals surface area contributed by atoms with Gasteiger partial charge in [0.15, 0.2) is 11.5 Å². The number of carbonyl (C=O) groups is 1. The standard InChI is InChI=1S/C16H22N2O3/c1-20-14-10-6-7-11-15(14)21-16(19)18-13-9-5-3-2-4-8-12(13)17/h2-3,6-7,10-13H,4-5,8-9,17H2,1H3,(H,18,19)/b3-2+. The van der Waals surface area contributed by atoms with Crippen LogP contribution >= 0.6 is 0 Å². The molecular weight excluding hydrogens is 268 g/mol. The van der Waals surface area contributed by atoms with Crippen molar-refractivity contribution in [2.45, 2.75) is 37.8 Å². The number of rotatable bonds is 3. The Morgan fingerprint density at radius 1 is 1.19 bits per heavy atom. The Hall–Kier alpha value is -2.01. The van der Waals surface area contributed by atoms with E-state index < -0.39 is 6.09 Å². The lowest BCUT2D eigenvalue weighted by Gasteiger charge is -2.25. The van der Waals surface area contributed by atoms with Crippen LogP contribution in [0.25, 0.3) is 0 Å². The molecule has 1 aliphatic carbocycles. The summed E-state index contributed by atoms with van der Waals surface area (Å²) in [6.07, 6.45) is 7.31. The first-order valence-electron chi connectivity index (χ1n) is 7.22. The quantitative estimate of drug-likeness (QED) is 0.839. The van der Waals surface area contributed by atoms with Crippen LogP contribution in [-0.2, 0) is 0 Å². The first kappa shape index (κ1) is 15.4. The molecule has 0 fully saturated rings. The van der Waals surface area contributed by atoms with E-state index in [1.165, 1.54) is 7.11 Å². The van der Waals surface area contributed by atoms with Gasteiger partial charge in [-0.3, -0.25) is 0 Å². The molecule has 0 saturated carbocycles. The molecule has 114 valence electrons. The summed E-state index contributed by atoms with van der Waals surface area (Å²) in [5.41, 5.74) is 6.12. The number of benzene rings is 1. The molecule has 2 rings (SSSR count). The summed E-state index contributed by atoms with van der Waals surface area (Å²) in [5.74, 6) is 0.925. The molecule has 21 heavy (non-hydrogen) atoms. The van der Waals surface area contributed by atoms with Gasteiger partial charge in [-0.05, 0) is 37.8 Å². The van der Waals surface area contributed by atoms with E-state index in [1.807, 2.05) is 6.07 Å². The van der Waals surface area contributed by atoms with Crippen LogP contribution in [0.1, 0.15) is 25.7 Å². The lowest BCUT2D eigenvalue weighted by atomic mass is 9.96. The highest BCUT2D eigenvalue weighted by atomic mass is 16.6. The lowest BCUT2D eigenvalue weighted by Crippen LogP contribution is -2.48. The number of allylic oxidation sites excluding steroid dienone is 2. The third-order valence-electron chi connectivity index (χ3n) is 3.57. The molecule has 1 aliphatic rings. The number of hydrogen-bond donors (Lipinski definition) is 2. The summed E-state index contributed by atoms with van der Waals surface area (Å²) in [7, 11) is 1.54. The van der Waals surface area contributed by atoms with Crippen molar-refractivity contribution in [3.8, 4) is 11.5 Å². The molecule has 1 aromatic carbocycles. The van der Waals surface area contributed by atoms with Crippen LogP contribution in [0.3, 0.4) is 0 Å². The summed E-state index contributed by atoms with van der Waals surface area (Å²) in [5, 5.41) is 2.86. The average Bonchev–Trinajstić information content (AvgIpc) is 2.47. The maximum Gasteiger partial charge on any atom is 0.413 e. The van der Waals surface area contributed by atoms with Crippen molar-refractivity contribution >= 4 is 6.09 Å². The Kier molecular flexibility index (Phi) is 5.63. The van der Waals surface area contributed by atoms with Gasteiger partial charge in [0.2, 0.25) is 0 Å². The topological polar surface area (TPSA) is 73.6 Å². The van der Waals surface area contributed by atoms with E-state index in [4.69, 9.17) is 15.2 Å². The van der Waals surface area contributed by atoms with Crippen LogP contribution in [0.2, 0.25) is 0 Å². The second-order valence-corrected chi connectivity index (χ2v) is 5.08. The van der Waals surface area contributed by atoms with Gasteiger partial charge in [0.1, 0.15) is 0 Å². The number of nitrogens with two attached hydrogens (primary N) is 1. The number of ether oxygens (including phenoxy) is 2. The second-order valence-electron chi connectivity index (χ2n) is 5.08. The maximum absolute atomic E-state index is 12.0. The summed E-state index contributed by atoms with van der Waals surface area (Å²) in [6.45, 7) is 0. The first-order chi connectivity index (χ1) is 10.2. The van der Waals surface area contributed by atoms with E-state index in [1.54, 1.807) is 18.2 Å². The monoisotopic (exact) mass is 290 g/mol. The van der Waals surface area contributed by atoms with Gasteiger partial charge in [-0.2, -0.15) is 0 Å². The third kappa shape index (κ3) is 4.49. The molecular formula is C16H22N2O3. The fourth-order valence-corrected chi connectivity index (χ4v) is 2.38. The first-order valence-corrected chi connectivity index (χ1v) is 7.22. The van der Waals surface area contributed by atoms with Gasteiger partial charge in [0.25, 0.3) is 0 Å². The molecule has 0 spiro atoms. The SMILES string of the molecule is COc1ccccc1OC(=O)NC1CC/C=C/CCC1N. The molecule has 5 heteroatoms. The predicted octanol–water partition coefficient (Wildman–Crippen LogP) is 2.61. The zero-order valence-corrected chi connectivity index (χ0v) is 12.2. The largest absolute Gasteiger partial charge is 0.493 e. The molecule has 3 N–H and O–H groups in total. The van der Waals surface area contributed by atoms with Gasteiger partial charge in [-0.1, -0.05) is 24.3 Å². The van der Waals surface area contributed by atoms with Crippen molar-refractivity contribution in [3.05, 3.63) is 36.4 Å². The van der Waals surface area contributed by atoms with Crippen LogP contribution in [-0.4, -0.2) is 25.3 Å². The van der Waals surface area contributed by atoms with Gasteiger partial charge < -0.3 is 20.5 Å². The number of nitrogens with one attached hydrogen (secondary N) is 1. The molecule has 0 aliphatic heterocycles. The predicted molar refractivity (Wildman–Crippen MR) is 81.5 cm³/mol. The van der Waals surface area contributed by atoms with Crippen LogP contribution in [0.4, 0.5) is 4.79 Å². The van der Waals surface area contributed by atoms with Crippen molar-refractivity contribution in [1.82, 2.24) is 5.32 Å². The maximum atomic E-state index is 12.0. The zero-order chi connectivity index (χ0) is 15.1. The molecule has 0 heterocycles. The van der Waals surface area contributed by atoms with Crippen molar-refractivity contribution in [1.29, 1.82) is 0 Å². The van der Waals surface area contributed by atoms with Gasteiger partial charge in [0.05, 0.1) is 7.11 Å². The fraction of sp³-hybridized carbons (Fsp3) is 0.438. The lowest BCUT2D eigenvalue weighted by molar-refractivity contribution is 0.190.